The quantitative estimate of drug-likeness (QED) is 0.752. The number of hydrogen-bond donors (Lipinski definition) is 0. The molecule has 25 heavy (non-hydrogen) atoms. The topological polar surface area (TPSA) is 32.8 Å². The smallest absolute Gasteiger partial charge is 0.410 e. The Morgan fingerprint density at radius 2 is 1.84 bits per heavy atom. The summed E-state index contributed by atoms with van der Waals surface area (Å²) in [5.41, 5.74) is 3.91. The minimum absolute atomic E-state index is 0.171. The molecule has 1 spiro atoms. The number of nitrogens with zero attached hydrogens (tertiary/aromatic N) is 2. The van der Waals surface area contributed by atoms with Gasteiger partial charge in [0.15, 0.2) is 0 Å². The van der Waals surface area contributed by atoms with Crippen molar-refractivity contribution in [2.45, 2.75) is 71.4 Å². The first-order valence-corrected chi connectivity index (χ1v) is 9.47. The van der Waals surface area contributed by atoms with E-state index in [1.807, 2.05) is 25.7 Å². The molecule has 2 aliphatic heterocycles. The molecule has 0 radical (unpaired) electrons. The molecule has 0 saturated carbocycles. The van der Waals surface area contributed by atoms with Crippen molar-refractivity contribution < 1.29 is 9.53 Å². The number of carbonyl (C=O) groups excluding carboxylic acids is 1. The van der Waals surface area contributed by atoms with Crippen molar-refractivity contribution in [3.05, 3.63) is 29.3 Å². The predicted octanol–water partition coefficient (Wildman–Crippen LogP) is 4.49. The van der Waals surface area contributed by atoms with Gasteiger partial charge < -0.3 is 14.5 Å². The lowest BCUT2D eigenvalue weighted by Crippen LogP contribution is -2.49. The Kier molecular flexibility index (Phi) is 4.50. The molecule has 0 aliphatic carbocycles. The summed E-state index contributed by atoms with van der Waals surface area (Å²) in [6.07, 6.45) is 1.84. The first kappa shape index (κ1) is 18.1. The second kappa shape index (κ2) is 6.22. The summed E-state index contributed by atoms with van der Waals surface area (Å²) in [5, 5.41) is 0. The minimum Gasteiger partial charge on any atom is -0.444 e. The maximum Gasteiger partial charge on any atom is 0.410 e. The SMILES string of the molecule is Cc1ccc2c(c1)C1(CCN(C(=O)OC(C)(C)C)CC1)CN2C(C)C. The molecule has 1 aromatic carbocycles. The van der Waals surface area contributed by atoms with Crippen LogP contribution in [0.2, 0.25) is 0 Å². The molecule has 1 amide bonds. The maximum atomic E-state index is 12.4. The van der Waals surface area contributed by atoms with Gasteiger partial charge in [0.2, 0.25) is 0 Å². The van der Waals surface area contributed by atoms with Crippen molar-refractivity contribution in [3.8, 4) is 0 Å². The van der Waals surface area contributed by atoms with Crippen molar-refractivity contribution >= 4 is 11.8 Å². The average Bonchev–Trinajstić information content (AvgIpc) is 2.81. The van der Waals surface area contributed by atoms with Crippen molar-refractivity contribution in [2.75, 3.05) is 24.5 Å². The number of benzene rings is 1. The van der Waals surface area contributed by atoms with Crippen molar-refractivity contribution in [1.29, 1.82) is 0 Å². The van der Waals surface area contributed by atoms with Gasteiger partial charge in [-0.3, -0.25) is 0 Å². The molecule has 4 heteroatoms. The highest BCUT2D eigenvalue weighted by atomic mass is 16.6. The molecule has 0 bridgehead atoms. The number of rotatable bonds is 1. The van der Waals surface area contributed by atoms with Gasteiger partial charge in [0.25, 0.3) is 0 Å². The summed E-state index contributed by atoms with van der Waals surface area (Å²) in [6, 6.07) is 7.34. The Balaban J connectivity index is 1.79. The molecular formula is C21H32N2O2. The Hall–Kier alpha value is -1.71. The van der Waals surface area contributed by atoms with Gasteiger partial charge in [0.1, 0.15) is 5.60 Å². The highest BCUT2D eigenvalue weighted by Crippen LogP contribution is 2.48. The van der Waals surface area contributed by atoms with Gasteiger partial charge in [-0.15, -0.1) is 0 Å². The van der Waals surface area contributed by atoms with Gasteiger partial charge in [0.05, 0.1) is 0 Å². The molecule has 0 N–H and O–H groups in total. The normalized spacial score (nSPS) is 19.5. The van der Waals surface area contributed by atoms with Gasteiger partial charge in [-0.2, -0.15) is 0 Å². The predicted molar refractivity (Wildman–Crippen MR) is 102 cm³/mol. The second-order valence-corrected chi connectivity index (χ2v) is 8.99. The number of likely N-dealkylation sites (tertiary alicyclic amines) is 1. The highest BCUT2D eigenvalue weighted by Gasteiger charge is 2.46. The number of anilines is 1. The lowest BCUT2D eigenvalue weighted by atomic mass is 9.74. The fraction of sp³-hybridized carbons (Fsp3) is 0.667. The van der Waals surface area contributed by atoms with Gasteiger partial charge in [-0.25, -0.2) is 4.79 Å². The molecule has 3 rings (SSSR count). The molecule has 1 aromatic rings. The largest absolute Gasteiger partial charge is 0.444 e. The van der Waals surface area contributed by atoms with Crippen LogP contribution in [0, 0.1) is 6.92 Å². The van der Waals surface area contributed by atoms with E-state index in [1.165, 1.54) is 16.8 Å². The van der Waals surface area contributed by atoms with Gasteiger partial charge in [-0.1, -0.05) is 17.7 Å². The zero-order chi connectivity index (χ0) is 18.4. The standard InChI is InChI=1S/C21H32N2O2/c1-15(2)23-14-21(17-13-16(3)7-8-18(17)23)9-11-22(12-10-21)19(24)25-20(4,5)6/h7-8,13,15H,9-12,14H2,1-6H3. The van der Waals surface area contributed by atoms with Gasteiger partial charge in [-0.05, 0) is 66.0 Å². The van der Waals surface area contributed by atoms with E-state index in [1.54, 1.807) is 0 Å². The fourth-order valence-electron chi connectivity index (χ4n) is 4.15. The van der Waals surface area contributed by atoms with Crippen LogP contribution >= 0.6 is 0 Å². The molecular weight excluding hydrogens is 312 g/mol. The third kappa shape index (κ3) is 3.49. The van der Waals surface area contributed by atoms with Gasteiger partial charge in [0, 0.05) is 36.8 Å². The average molecular weight is 344 g/mol. The zero-order valence-corrected chi connectivity index (χ0v) is 16.6. The number of piperidine rings is 1. The van der Waals surface area contributed by atoms with E-state index in [9.17, 15) is 4.79 Å². The molecule has 0 aromatic heterocycles. The number of ether oxygens (including phenoxy) is 1. The summed E-state index contributed by atoms with van der Waals surface area (Å²) >= 11 is 0. The second-order valence-electron chi connectivity index (χ2n) is 8.99. The molecule has 2 aliphatic rings. The van der Waals surface area contributed by atoms with Crippen LogP contribution < -0.4 is 4.90 Å². The van der Waals surface area contributed by atoms with E-state index >= 15 is 0 Å². The Bertz CT molecular complexity index is 652. The van der Waals surface area contributed by atoms with Crippen molar-refractivity contribution in [3.63, 3.8) is 0 Å². The highest BCUT2D eigenvalue weighted by molar-refractivity contribution is 5.69. The molecule has 2 heterocycles. The number of amides is 1. The lowest BCUT2D eigenvalue weighted by Gasteiger charge is -2.40. The first-order chi connectivity index (χ1) is 11.6. The summed E-state index contributed by atoms with van der Waals surface area (Å²) < 4.78 is 5.55. The molecule has 0 atom stereocenters. The summed E-state index contributed by atoms with van der Waals surface area (Å²) in [6.45, 7) is 15.1. The van der Waals surface area contributed by atoms with Gasteiger partial charge >= 0.3 is 6.09 Å². The van der Waals surface area contributed by atoms with E-state index in [-0.39, 0.29) is 11.5 Å². The first-order valence-electron chi connectivity index (χ1n) is 9.47. The Morgan fingerprint density at radius 3 is 2.40 bits per heavy atom. The van der Waals surface area contributed by atoms with Crippen LogP contribution in [-0.2, 0) is 10.2 Å². The maximum absolute atomic E-state index is 12.4. The monoisotopic (exact) mass is 344 g/mol. The number of hydrogen-bond acceptors (Lipinski definition) is 3. The van der Waals surface area contributed by atoms with Crippen LogP contribution in [-0.4, -0.2) is 42.3 Å². The van der Waals surface area contributed by atoms with E-state index in [4.69, 9.17) is 4.74 Å². The Labute approximate surface area is 152 Å². The molecule has 0 unspecified atom stereocenters. The van der Waals surface area contributed by atoms with Crippen LogP contribution in [0.15, 0.2) is 18.2 Å². The summed E-state index contributed by atoms with van der Waals surface area (Å²) in [7, 11) is 0. The number of fused-ring (bicyclic) bond motifs is 2. The summed E-state index contributed by atoms with van der Waals surface area (Å²) in [5.74, 6) is 0. The molecule has 1 fully saturated rings. The molecule has 4 nitrogen and oxygen atoms in total. The van der Waals surface area contributed by atoms with Crippen molar-refractivity contribution in [2.24, 2.45) is 0 Å². The Morgan fingerprint density at radius 1 is 1.20 bits per heavy atom. The van der Waals surface area contributed by atoms with Crippen molar-refractivity contribution in [1.82, 2.24) is 4.90 Å². The van der Waals surface area contributed by atoms with Crippen LogP contribution in [0.5, 0.6) is 0 Å². The van der Waals surface area contributed by atoms with Crippen LogP contribution in [0.4, 0.5) is 10.5 Å². The van der Waals surface area contributed by atoms with E-state index in [0.29, 0.717) is 6.04 Å². The van der Waals surface area contributed by atoms with E-state index in [0.717, 1.165) is 32.5 Å². The molecule has 138 valence electrons. The van der Waals surface area contributed by atoms with Crippen LogP contribution in [0.25, 0.3) is 0 Å². The third-order valence-electron chi connectivity index (χ3n) is 5.50. The van der Waals surface area contributed by atoms with Crippen LogP contribution in [0.1, 0.15) is 58.6 Å². The van der Waals surface area contributed by atoms with Crippen LogP contribution in [0.3, 0.4) is 0 Å². The number of aryl methyl sites for hydroxylation is 1. The third-order valence-corrected chi connectivity index (χ3v) is 5.50. The summed E-state index contributed by atoms with van der Waals surface area (Å²) in [4.78, 5) is 16.8. The molecule has 1 saturated heterocycles. The van der Waals surface area contributed by atoms with E-state index < -0.39 is 5.60 Å². The zero-order valence-electron chi connectivity index (χ0n) is 16.6. The van der Waals surface area contributed by atoms with E-state index in [2.05, 4.69) is 43.9 Å². The number of carbonyl (C=O) groups is 1. The lowest BCUT2D eigenvalue weighted by molar-refractivity contribution is 0.0170. The fourth-order valence-corrected chi connectivity index (χ4v) is 4.15. The minimum atomic E-state index is -0.433.